The molecular weight excluding hydrogens is 564 g/mol. The Labute approximate surface area is 250 Å². The van der Waals surface area contributed by atoms with Crippen LogP contribution in [0.5, 0.6) is 0 Å². The van der Waals surface area contributed by atoms with E-state index in [1.165, 1.54) is 4.90 Å². The van der Waals surface area contributed by atoms with E-state index in [4.69, 9.17) is 4.74 Å². The molecule has 4 amide bonds. The van der Waals surface area contributed by atoms with Gasteiger partial charge in [-0.25, -0.2) is 13.2 Å². The van der Waals surface area contributed by atoms with Crippen LogP contribution in [0.1, 0.15) is 88.0 Å². The number of ether oxygens (including phenoxy) is 1. The lowest BCUT2D eigenvalue weighted by atomic mass is 9.85. The number of alkyl carbamates (subject to hydrolysis) is 1. The Morgan fingerprint density at radius 2 is 1.60 bits per heavy atom. The number of ketones is 1. The third-order valence-corrected chi connectivity index (χ3v) is 9.33. The molecular formula is C29H50N4O8S. The molecule has 1 rings (SSSR count). The molecule has 0 aromatic heterocycles. The predicted molar refractivity (Wildman–Crippen MR) is 160 cm³/mol. The highest BCUT2D eigenvalue weighted by Crippen LogP contribution is 2.26. The zero-order valence-electron chi connectivity index (χ0n) is 26.6. The van der Waals surface area contributed by atoms with Crippen LogP contribution in [0.3, 0.4) is 0 Å². The fraction of sp³-hybridized carbons (Fsp3) is 0.759. The second-order valence-electron chi connectivity index (χ2n) is 13.6. The number of Topliss-reactive ketones (excluding diaryl/α,β-unsaturated/α-hetero) is 1. The van der Waals surface area contributed by atoms with Crippen LogP contribution >= 0.6 is 0 Å². The van der Waals surface area contributed by atoms with Crippen molar-refractivity contribution in [2.75, 3.05) is 18.8 Å². The van der Waals surface area contributed by atoms with E-state index < -0.39 is 73.3 Å². The molecule has 1 heterocycles. The van der Waals surface area contributed by atoms with Gasteiger partial charge < -0.3 is 25.6 Å². The molecule has 3 atom stereocenters. The Hall–Kier alpha value is -2.96. The van der Waals surface area contributed by atoms with Gasteiger partial charge in [-0.2, -0.15) is 0 Å². The molecule has 240 valence electrons. The average Bonchev–Trinajstić information content (AvgIpc) is 3.31. The van der Waals surface area contributed by atoms with Crippen LogP contribution < -0.4 is 16.0 Å². The van der Waals surface area contributed by atoms with Gasteiger partial charge in [0.05, 0.1) is 16.5 Å². The summed E-state index contributed by atoms with van der Waals surface area (Å²) < 4.78 is 29.0. The molecule has 0 spiro atoms. The lowest BCUT2D eigenvalue weighted by Crippen LogP contribution is -2.59. The maximum Gasteiger partial charge on any atom is 0.408 e. The van der Waals surface area contributed by atoms with Crippen LogP contribution in [-0.2, 0) is 33.8 Å². The Kier molecular flexibility index (Phi) is 12.8. The fourth-order valence-electron chi connectivity index (χ4n) is 4.21. The van der Waals surface area contributed by atoms with Crippen molar-refractivity contribution in [3.05, 3.63) is 12.7 Å². The quantitative estimate of drug-likeness (QED) is 0.222. The van der Waals surface area contributed by atoms with E-state index in [2.05, 4.69) is 22.5 Å². The maximum atomic E-state index is 13.7. The van der Waals surface area contributed by atoms with Crippen LogP contribution in [0.2, 0.25) is 0 Å². The summed E-state index contributed by atoms with van der Waals surface area (Å²) in [6.45, 7) is 18.8. The molecule has 0 bridgehead atoms. The predicted octanol–water partition coefficient (Wildman–Crippen LogP) is 2.27. The van der Waals surface area contributed by atoms with Crippen LogP contribution in [-0.4, -0.2) is 90.2 Å². The summed E-state index contributed by atoms with van der Waals surface area (Å²) in [5.41, 5.74) is -1.48. The number of nitrogens with zero attached hydrogens (tertiary/aromatic N) is 1. The van der Waals surface area contributed by atoms with Crippen LogP contribution in [0, 0.1) is 5.41 Å². The molecule has 42 heavy (non-hydrogen) atoms. The van der Waals surface area contributed by atoms with Crippen molar-refractivity contribution >= 4 is 39.4 Å². The lowest BCUT2D eigenvalue weighted by molar-refractivity contribution is -0.144. The highest BCUT2D eigenvalue weighted by atomic mass is 32.2. The van der Waals surface area contributed by atoms with E-state index in [1.54, 1.807) is 68.4 Å². The highest BCUT2D eigenvalue weighted by molar-refractivity contribution is 7.92. The topological polar surface area (TPSA) is 168 Å². The van der Waals surface area contributed by atoms with Gasteiger partial charge in [-0.15, -0.1) is 6.58 Å². The van der Waals surface area contributed by atoms with E-state index in [0.29, 0.717) is 19.3 Å². The molecule has 0 saturated carbocycles. The van der Waals surface area contributed by atoms with Gasteiger partial charge in [0.15, 0.2) is 9.84 Å². The smallest absolute Gasteiger partial charge is 0.408 e. The molecule has 0 aromatic carbocycles. The van der Waals surface area contributed by atoms with Gasteiger partial charge in [0.1, 0.15) is 17.7 Å². The van der Waals surface area contributed by atoms with Crippen molar-refractivity contribution in [1.29, 1.82) is 0 Å². The molecule has 13 heteroatoms. The number of sulfone groups is 1. The second kappa shape index (κ2) is 14.5. The molecule has 3 N–H and O–H groups in total. The summed E-state index contributed by atoms with van der Waals surface area (Å²) in [6, 6.07) is -3.11. The first-order valence-corrected chi connectivity index (χ1v) is 15.9. The normalized spacial score (nSPS) is 17.5. The van der Waals surface area contributed by atoms with Crippen molar-refractivity contribution in [2.45, 2.75) is 116 Å². The maximum absolute atomic E-state index is 13.7. The molecule has 1 saturated heterocycles. The van der Waals surface area contributed by atoms with Crippen molar-refractivity contribution in [2.24, 2.45) is 5.41 Å². The molecule has 1 aliphatic heterocycles. The number of hydrogen-bond acceptors (Lipinski definition) is 8. The molecule has 0 aromatic rings. The fourth-order valence-corrected chi connectivity index (χ4v) is 5.20. The van der Waals surface area contributed by atoms with Gasteiger partial charge in [-0.05, 0) is 72.6 Å². The van der Waals surface area contributed by atoms with E-state index in [1.807, 2.05) is 0 Å². The third kappa shape index (κ3) is 11.0. The van der Waals surface area contributed by atoms with Crippen LogP contribution in [0.25, 0.3) is 0 Å². The Balaban J connectivity index is 3.03. The number of amides is 4. The standard InChI is InChI=1S/C29H50N4O8S/c1-11-12-14-19(21(34)24(36)30-16-18-42(39,40)29(8,9)10)31-23(35)20-15-13-17-33(20)25(37)22(27(2,3)4)32-26(38)41-28(5,6)7/h11,19-20,22H,1,12-18H2,2-10H3,(H,30,36)(H,31,35)(H,32,38)/t19?,20-,22?/m0/s1. The zero-order chi connectivity index (χ0) is 32.7. The molecule has 12 nitrogen and oxygen atoms in total. The number of carbonyl (C=O) groups is 5. The summed E-state index contributed by atoms with van der Waals surface area (Å²) in [4.78, 5) is 66.6. The Morgan fingerprint density at radius 1 is 1.00 bits per heavy atom. The largest absolute Gasteiger partial charge is 0.444 e. The minimum Gasteiger partial charge on any atom is -0.444 e. The Morgan fingerprint density at radius 3 is 2.10 bits per heavy atom. The van der Waals surface area contributed by atoms with E-state index in [-0.39, 0.29) is 25.3 Å². The molecule has 0 radical (unpaired) electrons. The third-order valence-electron chi connectivity index (χ3n) is 6.72. The van der Waals surface area contributed by atoms with Crippen LogP contribution in [0.4, 0.5) is 4.79 Å². The summed E-state index contributed by atoms with van der Waals surface area (Å²) in [7, 11) is -3.51. The summed E-state index contributed by atoms with van der Waals surface area (Å²) >= 11 is 0. The van der Waals surface area contributed by atoms with Crippen molar-refractivity contribution in [3.8, 4) is 0 Å². The monoisotopic (exact) mass is 614 g/mol. The number of likely N-dealkylation sites (tertiary alicyclic amines) is 1. The Bertz CT molecular complexity index is 1130. The van der Waals surface area contributed by atoms with Gasteiger partial charge in [0.25, 0.3) is 5.91 Å². The van der Waals surface area contributed by atoms with Gasteiger partial charge in [-0.3, -0.25) is 19.2 Å². The van der Waals surface area contributed by atoms with Gasteiger partial charge in [0.2, 0.25) is 17.6 Å². The summed E-state index contributed by atoms with van der Waals surface area (Å²) in [5, 5.41) is 7.61. The van der Waals surface area contributed by atoms with E-state index >= 15 is 0 Å². The van der Waals surface area contributed by atoms with Crippen molar-refractivity contribution in [1.82, 2.24) is 20.9 Å². The number of nitrogens with one attached hydrogen (secondary N) is 3. The van der Waals surface area contributed by atoms with E-state index in [0.717, 1.165) is 0 Å². The molecule has 2 unspecified atom stereocenters. The van der Waals surface area contributed by atoms with Gasteiger partial charge in [0, 0.05) is 13.1 Å². The minimum atomic E-state index is -3.51. The number of carbonyl (C=O) groups excluding carboxylic acids is 5. The van der Waals surface area contributed by atoms with Crippen molar-refractivity contribution < 1.29 is 37.1 Å². The first kappa shape index (κ1) is 37.1. The average molecular weight is 615 g/mol. The molecule has 1 aliphatic rings. The van der Waals surface area contributed by atoms with Gasteiger partial charge >= 0.3 is 6.09 Å². The number of rotatable bonds is 12. The van der Waals surface area contributed by atoms with E-state index in [9.17, 15) is 32.4 Å². The highest BCUT2D eigenvalue weighted by Gasteiger charge is 2.43. The van der Waals surface area contributed by atoms with Crippen LogP contribution in [0.15, 0.2) is 12.7 Å². The molecule has 1 fully saturated rings. The minimum absolute atomic E-state index is 0.0905. The summed E-state index contributed by atoms with van der Waals surface area (Å²) in [6.07, 6.45) is 2.06. The number of hydrogen-bond donors (Lipinski definition) is 3. The second-order valence-corrected chi connectivity index (χ2v) is 16.5. The number of allylic oxidation sites excluding steroid dienone is 1. The van der Waals surface area contributed by atoms with Gasteiger partial charge in [-0.1, -0.05) is 26.8 Å². The van der Waals surface area contributed by atoms with Crippen molar-refractivity contribution in [3.63, 3.8) is 0 Å². The SMILES string of the molecule is C=CCCC(NC(=O)[C@@H]1CCCN1C(=O)C(NC(=O)OC(C)(C)C)C(C)(C)C)C(=O)C(=O)NCCS(=O)(=O)C(C)(C)C. The lowest BCUT2D eigenvalue weighted by Gasteiger charge is -2.36. The first-order valence-electron chi connectivity index (χ1n) is 14.3. The molecule has 0 aliphatic carbocycles. The summed E-state index contributed by atoms with van der Waals surface area (Å²) in [5.74, 6) is -3.34. The zero-order valence-corrected chi connectivity index (χ0v) is 27.4. The first-order chi connectivity index (χ1) is 19.0.